The molecule has 1 aliphatic rings. The summed E-state index contributed by atoms with van der Waals surface area (Å²) in [5.41, 5.74) is 2.76. The number of morpholine rings is 1. The van der Waals surface area contributed by atoms with E-state index in [1.54, 1.807) is 12.4 Å². The second kappa shape index (κ2) is 9.17. The Morgan fingerprint density at radius 1 is 1.11 bits per heavy atom. The van der Waals surface area contributed by atoms with Crippen molar-refractivity contribution in [1.82, 2.24) is 15.2 Å². The Balaban J connectivity index is 1.75. The van der Waals surface area contributed by atoms with Crippen molar-refractivity contribution in [3.8, 4) is 11.1 Å². The highest BCUT2D eigenvalue weighted by atomic mass is 16.6. The maximum absolute atomic E-state index is 12.4. The van der Waals surface area contributed by atoms with Crippen LogP contribution < -0.4 is 5.32 Å². The van der Waals surface area contributed by atoms with Gasteiger partial charge in [-0.15, -0.1) is 0 Å². The van der Waals surface area contributed by atoms with E-state index in [2.05, 4.69) is 39.5 Å². The summed E-state index contributed by atoms with van der Waals surface area (Å²) in [6.45, 7) is 9.49. The Bertz CT molecular complexity index is 751. The number of hydrogen-bond donors (Lipinski definition) is 1. The van der Waals surface area contributed by atoms with Gasteiger partial charge in [0.25, 0.3) is 0 Å². The molecule has 150 valence electrons. The van der Waals surface area contributed by atoms with Crippen molar-refractivity contribution < 1.29 is 14.3 Å². The molecule has 0 aliphatic carbocycles. The summed E-state index contributed by atoms with van der Waals surface area (Å²) in [5, 5.41) is 3.04. The first-order chi connectivity index (χ1) is 13.4. The fourth-order valence-corrected chi connectivity index (χ4v) is 3.18. The highest BCUT2D eigenvalue weighted by molar-refractivity contribution is 5.69. The average molecular weight is 383 g/mol. The normalized spacial score (nSPS) is 16.4. The first-order valence-corrected chi connectivity index (χ1v) is 9.71. The van der Waals surface area contributed by atoms with E-state index in [1.165, 1.54) is 0 Å². The van der Waals surface area contributed by atoms with Crippen LogP contribution in [-0.4, -0.2) is 54.4 Å². The molecular formula is C22H29N3O3. The van der Waals surface area contributed by atoms with Gasteiger partial charge in [0.1, 0.15) is 5.60 Å². The van der Waals surface area contributed by atoms with Crippen molar-refractivity contribution >= 4 is 6.09 Å². The number of rotatable bonds is 5. The zero-order valence-electron chi connectivity index (χ0n) is 16.9. The first kappa shape index (κ1) is 20.3. The fourth-order valence-electron chi connectivity index (χ4n) is 3.18. The lowest BCUT2D eigenvalue weighted by Crippen LogP contribution is -2.44. The molecule has 1 aliphatic heterocycles. The summed E-state index contributed by atoms with van der Waals surface area (Å²) >= 11 is 0. The van der Waals surface area contributed by atoms with Crippen molar-refractivity contribution in [1.29, 1.82) is 0 Å². The molecule has 0 spiro atoms. The zero-order chi connectivity index (χ0) is 20.0. The summed E-state index contributed by atoms with van der Waals surface area (Å²) in [6, 6.07) is 12.1. The van der Waals surface area contributed by atoms with Crippen LogP contribution in [0.25, 0.3) is 11.1 Å². The van der Waals surface area contributed by atoms with Crippen LogP contribution in [0.5, 0.6) is 0 Å². The lowest BCUT2D eigenvalue weighted by molar-refractivity contribution is 0.0288. The number of carbonyl (C=O) groups excluding carboxylic acids is 1. The summed E-state index contributed by atoms with van der Waals surface area (Å²) in [4.78, 5) is 18.8. The summed E-state index contributed by atoms with van der Waals surface area (Å²) in [6.07, 6.45) is 3.17. The lowest BCUT2D eigenvalue weighted by atomic mass is 10.0. The number of carbonyl (C=O) groups is 1. The maximum atomic E-state index is 12.4. The van der Waals surface area contributed by atoms with Gasteiger partial charge >= 0.3 is 6.09 Å². The summed E-state index contributed by atoms with van der Waals surface area (Å²) in [5.74, 6) is 0. The van der Waals surface area contributed by atoms with Crippen LogP contribution in [-0.2, 0) is 9.47 Å². The van der Waals surface area contributed by atoms with Crippen LogP contribution in [0, 0.1) is 0 Å². The van der Waals surface area contributed by atoms with Gasteiger partial charge in [-0.25, -0.2) is 4.79 Å². The topological polar surface area (TPSA) is 63.7 Å². The van der Waals surface area contributed by atoms with Gasteiger partial charge < -0.3 is 14.8 Å². The zero-order valence-corrected chi connectivity index (χ0v) is 16.9. The standard InChI is InChI=1S/C22H29N3O3/c1-22(2,3)28-21(26)24-20(16-25-12-14-27-15-13-25)19-6-4-17(5-7-19)18-8-10-23-11-9-18/h4-11,20H,12-16H2,1-3H3,(H,24,26)/t20-/m0/s1. The smallest absolute Gasteiger partial charge is 0.408 e. The predicted molar refractivity (Wildman–Crippen MR) is 109 cm³/mol. The number of benzene rings is 1. The van der Waals surface area contributed by atoms with Crippen LogP contribution >= 0.6 is 0 Å². The van der Waals surface area contributed by atoms with Gasteiger partial charge in [-0.2, -0.15) is 0 Å². The lowest BCUT2D eigenvalue weighted by Gasteiger charge is -2.31. The average Bonchev–Trinajstić information content (AvgIpc) is 2.68. The highest BCUT2D eigenvalue weighted by Crippen LogP contribution is 2.23. The second-order valence-corrected chi connectivity index (χ2v) is 7.97. The van der Waals surface area contributed by atoms with Crippen molar-refractivity contribution in [2.75, 3.05) is 32.8 Å². The molecule has 0 bridgehead atoms. The van der Waals surface area contributed by atoms with E-state index in [1.807, 2.05) is 32.9 Å². The largest absolute Gasteiger partial charge is 0.444 e. The van der Waals surface area contributed by atoms with Gasteiger partial charge in [0, 0.05) is 32.0 Å². The molecule has 1 atom stereocenters. The Labute approximate surface area is 166 Å². The number of ether oxygens (including phenoxy) is 2. The van der Waals surface area contributed by atoms with Crippen LogP contribution in [0.1, 0.15) is 32.4 Å². The minimum absolute atomic E-state index is 0.153. The molecule has 0 radical (unpaired) electrons. The number of nitrogens with one attached hydrogen (secondary N) is 1. The molecule has 6 nitrogen and oxygen atoms in total. The third-order valence-electron chi connectivity index (χ3n) is 4.56. The van der Waals surface area contributed by atoms with Crippen molar-refractivity contribution in [2.45, 2.75) is 32.4 Å². The summed E-state index contributed by atoms with van der Waals surface area (Å²) < 4.78 is 10.9. The molecule has 1 fully saturated rings. The molecular weight excluding hydrogens is 354 g/mol. The Morgan fingerprint density at radius 3 is 2.32 bits per heavy atom. The van der Waals surface area contributed by atoms with E-state index in [9.17, 15) is 4.79 Å². The van der Waals surface area contributed by atoms with Crippen molar-refractivity contribution in [3.63, 3.8) is 0 Å². The molecule has 1 amide bonds. The molecule has 6 heteroatoms. The van der Waals surface area contributed by atoms with Gasteiger partial charge in [-0.1, -0.05) is 24.3 Å². The van der Waals surface area contributed by atoms with Crippen LogP contribution in [0.4, 0.5) is 4.79 Å². The maximum Gasteiger partial charge on any atom is 0.408 e. The Hall–Kier alpha value is -2.44. The monoisotopic (exact) mass is 383 g/mol. The van der Waals surface area contributed by atoms with E-state index in [-0.39, 0.29) is 6.04 Å². The summed E-state index contributed by atoms with van der Waals surface area (Å²) in [7, 11) is 0. The quantitative estimate of drug-likeness (QED) is 0.854. The van der Waals surface area contributed by atoms with Crippen molar-refractivity contribution in [3.05, 3.63) is 54.4 Å². The second-order valence-electron chi connectivity index (χ2n) is 7.97. The van der Waals surface area contributed by atoms with Gasteiger partial charge in [0.15, 0.2) is 0 Å². The third-order valence-corrected chi connectivity index (χ3v) is 4.56. The van der Waals surface area contributed by atoms with Crippen LogP contribution in [0.15, 0.2) is 48.8 Å². The molecule has 1 aromatic heterocycles. The van der Waals surface area contributed by atoms with E-state index in [0.29, 0.717) is 0 Å². The minimum Gasteiger partial charge on any atom is -0.444 e. The predicted octanol–water partition coefficient (Wildman–Crippen LogP) is 3.65. The number of alkyl carbamates (subject to hydrolysis) is 1. The van der Waals surface area contributed by atoms with Crippen molar-refractivity contribution in [2.24, 2.45) is 0 Å². The molecule has 2 heterocycles. The molecule has 1 saturated heterocycles. The number of hydrogen-bond acceptors (Lipinski definition) is 5. The molecule has 28 heavy (non-hydrogen) atoms. The first-order valence-electron chi connectivity index (χ1n) is 9.71. The molecule has 1 N–H and O–H groups in total. The van der Waals surface area contributed by atoms with Gasteiger partial charge in [-0.3, -0.25) is 9.88 Å². The van der Waals surface area contributed by atoms with E-state index in [0.717, 1.165) is 49.5 Å². The highest BCUT2D eigenvalue weighted by Gasteiger charge is 2.23. The SMILES string of the molecule is CC(C)(C)OC(=O)N[C@@H](CN1CCOCC1)c1ccc(-c2ccncc2)cc1. The fraction of sp³-hybridized carbons (Fsp3) is 0.455. The molecule has 3 rings (SSSR count). The van der Waals surface area contributed by atoms with E-state index in [4.69, 9.17) is 9.47 Å². The van der Waals surface area contributed by atoms with Crippen LogP contribution in [0.3, 0.4) is 0 Å². The number of amides is 1. The van der Waals surface area contributed by atoms with Gasteiger partial charge in [-0.05, 0) is 49.6 Å². The van der Waals surface area contributed by atoms with Gasteiger partial charge in [0.2, 0.25) is 0 Å². The Kier molecular flexibility index (Phi) is 6.65. The Morgan fingerprint density at radius 2 is 1.71 bits per heavy atom. The number of nitrogens with zero attached hydrogens (tertiary/aromatic N) is 2. The molecule has 1 aromatic carbocycles. The number of pyridine rings is 1. The third kappa shape index (κ3) is 6.04. The molecule has 2 aromatic rings. The van der Waals surface area contributed by atoms with Crippen LogP contribution in [0.2, 0.25) is 0 Å². The van der Waals surface area contributed by atoms with E-state index >= 15 is 0 Å². The molecule has 0 saturated carbocycles. The van der Waals surface area contributed by atoms with E-state index < -0.39 is 11.7 Å². The minimum atomic E-state index is -0.529. The van der Waals surface area contributed by atoms with Gasteiger partial charge in [0.05, 0.1) is 19.3 Å². The number of aromatic nitrogens is 1. The molecule has 0 unspecified atom stereocenters.